The summed E-state index contributed by atoms with van der Waals surface area (Å²) < 4.78 is 64.2. The van der Waals surface area contributed by atoms with Gasteiger partial charge in [-0.2, -0.15) is 0 Å². The molecular weight excluding hydrogens is 422 g/mol. The largest absolute Gasteiger partial charge is 0.465 e. The number of aliphatic hydroxyl groups excluding tert-OH is 1. The molecule has 12 heteroatoms. The van der Waals surface area contributed by atoms with Crippen LogP contribution < -0.4 is 11.1 Å². The van der Waals surface area contributed by atoms with E-state index < -0.39 is 48.4 Å². The minimum absolute atomic E-state index is 0.00964. The fourth-order valence-electron chi connectivity index (χ4n) is 3.80. The molecule has 0 radical (unpaired) electrons. The third-order valence-electron chi connectivity index (χ3n) is 5.38. The van der Waals surface area contributed by atoms with Crippen LogP contribution >= 0.6 is 0 Å². The van der Waals surface area contributed by atoms with Gasteiger partial charge in [0.25, 0.3) is 12.4 Å². The highest BCUT2D eigenvalue weighted by atomic mass is 19.3. The van der Waals surface area contributed by atoms with E-state index in [1.807, 2.05) is 0 Å². The summed E-state index contributed by atoms with van der Waals surface area (Å²) in [5, 5.41) is 13.0. The number of aliphatic hydroxyl groups is 1. The third kappa shape index (κ3) is 3.88. The molecule has 0 aliphatic carbocycles. The number of rotatable bonds is 6. The molecule has 1 fully saturated rings. The Hall–Kier alpha value is -2.99. The van der Waals surface area contributed by atoms with Crippen LogP contribution in [0, 0.1) is 11.7 Å². The van der Waals surface area contributed by atoms with E-state index in [1.54, 1.807) is 0 Å². The van der Waals surface area contributed by atoms with Crippen molar-refractivity contribution in [3.05, 3.63) is 53.4 Å². The maximum atomic E-state index is 14.8. The van der Waals surface area contributed by atoms with Crippen molar-refractivity contribution in [1.82, 2.24) is 9.97 Å². The van der Waals surface area contributed by atoms with E-state index in [0.29, 0.717) is 0 Å². The second-order valence-electron chi connectivity index (χ2n) is 7.20. The lowest BCUT2D eigenvalue weighted by Crippen LogP contribution is -2.45. The van der Waals surface area contributed by atoms with Gasteiger partial charge in [-0.15, -0.1) is 0 Å². The first-order valence-electron chi connectivity index (χ1n) is 9.34. The van der Waals surface area contributed by atoms with E-state index in [4.69, 9.17) is 15.2 Å². The summed E-state index contributed by atoms with van der Waals surface area (Å²) in [5.41, 5.74) is 4.26. The number of aromatic nitrogens is 2. The van der Waals surface area contributed by atoms with Crippen LogP contribution in [-0.2, 0) is 15.0 Å². The molecule has 31 heavy (non-hydrogen) atoms. The maximum Gasteiger partial charge on any atom is 0.282 e. The van der Waals surface area contributed by atoms with Crippen LogP contribution in [0.5, 0.6) is 0 Å². The number of anilines is 1. The van der Waals surface area contributed by atoms with Gasteiger partial charge in [0.05, 0.1) is 37.6 Å². The molecular formula is C19H19F4N5O3. The number of benzene rings is 1. The standard InChI is InChI=1S/C19H19F4N5O3/c20-4-15-11-7-30-18(24)28-19(11,8-31-15)10-3-9(1-2-12(10)21)27-17(29)14-6-25-13(5-26-14)16(22)23/h1-3,5-6,11,15-17,27,29H,4,7-8H2,(H2,24,28). The van der Waals surface area contributed by atoms with Gasteiger partial charge in [-0.3, -0.25) is 9.97 Å². The minimum atomic E-state index is -2.78. The fourth-order valence-corrected chi connectivity index (χ4v) is 3.80. The highest BCUT2D eigenvalue weighted by Gasteiger charge is 2.55. The van der Waals surface area contributed by atoms with Crippen LogP contribution in [0.2, 0.25) is 0 Å². The number of nitrogens with zero attached hydrogens (tertiary/aromatic N) is 3. The quantitative estimate of drug-likeness (QED) is 0.465. The van der Waals surface area contributed by atoms with Crippen molar-refractivity contribution in [3.8, 4) is 0 Å². The molecule has 2 aromatic rings. The molecule has 1 saturated heterocycles. The molecule has 0 saturated carbocycles. The second kappa shape index (κ2) is 8.27. The predicted octanol–water partition coefficient (Wildman–Crippen LogP) is 2.18. The number of nitrogens with two attached hydrogens (primary N) is 1. The highest BCUT2D eigenvalue weighted by molar-refractivity contribution is 5.73. The average Bonchev–Trinajstić information content (AvgIpc) is 3.13. The molecule has 166 valence electrons. The Bertz CT molecular complexity index is 978. The molecule has 3 heterocycles. The van der Waals surface area contributed by atoms with Gasteiger partial charge >= 0.3 is 0 Å². The average molecular weight is 441 g/mol. The topological polar surface area (TPSA) is 115 Å². The van der Waals surface area contributed by atoms with Crippen molar-refractivity contribution in [1.29, 1.82) is 0 Å². The Morgan fingerprint density at radius 1 is 1.26 bits per heavy atom. The molecule has 1 aromatic carbocycles. The molecule has 0 spiro atoms. The van der Waals surface area contributed by atoms with E-state index >= 15 is 0 Å². The summed E-state index contributed by atoms with van der Waals surface area (Å²) in [4.78, 5) is 11.6. The van der Waals surface area contributed by atoms with Crippen molar-refractivity contribution in [2.75, 3.05) is 25.2 Å². The number of hydrogen-bond acceptors (Lipinski definition) is 8. The third-order valence-corrected chi connectivity index (χ3v) is 5.38. The molecule has 2 aliphatic heterocycles. The van der Waals surface area contributed by atoms with Crippen molar-refractivity contribution in [3.63, 3.8) is 0 Å². The molecule has 4 unspecified atom stereocenters. The zero-order chi connectivity index (χ0) is 22.2. The first kappa shape index (κ1) is 21.2. The fraction of sp³-hybridized carbons (Fsp3) is 0.421. The first-order chi connectivity index (χ1) is 14.8. The van der Waals surface area contributed by atoms with Crippen molar-refractivity contribution >= 4 is 11.7 Å². The normalized spacial score (nSPS) is 26.2. The number of nitrogens with one attached hydrogen (secondary N) is 1. The van der Waals surface area contributed by atoms with Crippen LogP contribution in [0.1, 0.15) is 29.6 Å². The number of amidine groups is 1. The Balaban J connectivity index is 1.63. The zero-order valence-corrected chi connectivity index (χ0v) is 16.0. The number of fused-ring (bicyclic) bond motifs is 1. The Kier molecular flexibility index (Phi) is 5.67. The van der Waals surface area contributed by atoms with Gasteiger partial charge in [0.1, 0.15) is 29.4 Å². The van der Waals surface area contributed by atoms with Crippen LogP contribution in [0.25, 0.3) is 0 Å². The van der Waals surface area contributed by atoms with E-state index in [9.17, 15) is 22.7 Å². The van der Waals surface area contributed by atoms with E-state index in [-0.39, 0.29) is 36.2 Å². The van der Waals surface area contributed by atoms with Crippen LogP contribution in [0.15, 0.2) is 35.6 Å². The number of alkyl halides is 3. The van der Waals surface area contributed by atoms with Gasteiger partial charge in [0.2, 0.25) is 0 Å². The van der Waals surface area contributed by atoms with Crippen LogP contribution in [-0.4, -0.2) is 47.1 Å². The molecule has 0 amide bonds. The van der Waals surface area contributed by atoms with Gasteiger partial charge < -0.3 is 25.6 Å². The van der Waals surface area contributed by atoms with Crippen molar-refractivity contribution in [2.24, 2.45) is 16.6 Å². The van der Waals surface area contributed by atoms with E-state index in [2.05, 4.69) is 20.3 Å². The maximum absolute atomic E-state index is 14.8. The van der Waals surface area contributed by atoms with Gasteiger partial charge in [0.15, 0.2) is 6.23 Å². The number of hydrogen-bond donors (Lipinski definition) is 3. The zero-order valence-electron chi connectivity index (χ0n) is 16.0. The summed E-state index contributed by atoms with van der Waals surface area (Å²) in [6.45, 7) is -0.883. The van der Waals surface area contributed by atoms with Gasteiger partial charge in [-0.05, 0) is 18.2 Å². The molecule has 8 nitrogen and oxygen atoms in total. The summed E-state index contributed by atoms with van der Waals surface area (Å²) in [5.74, 6) is -1.22. The van der Waals surface area contributed by atoms with E-state index in [1.165, 1.54) is 12.1 Å². The van der Waals surface area contributed by atoms with Crippen molar-refractivity contribution in [2.45, 2.75) is 24.3 Å². The molecule has 4 atom stereocenters. The second-order valence-corrected chi connectivity index (χ2v) is 7.20. The Morgan fingerprint density at radius 2 is 2.00 bits per heavy atom. The smallest absolute Gasteiger partial charge is 0.282 e. The predicted molar refractivity (Wildman–Crippen MR) is 100 cm³/mol. The summed E-state index contributed by atoms with van der Waals surface area (Å²) in [6, 6.07) is 3.76. The van der Waals surface area contributed by atoms with Gasteiger partial charge in [-0.25, -0.2) is 22.6 Å². The molecule has 0 bridgehead atoms. The molecule has 1 aromatic heterocycles. The van der Waals surface area contributed by atoms with Gasteiger partial charge in [0, 0.05) is 11.3 Å². The number of halogens is 4. The lowest BCUT2D eigenvalue weighted by molar-refractivity contribution is 0.0528. The highest BCUT2D eigenvalue weighted by Crippen LogP contribution is 2.46. The lowest BCUT2D eigenvalue weighted by Gasteiger charge is -2.35. The molecule has 4 N–H and O–H groups in total. The number of ether oxygens (including phenoxy) is 2. The summed E-state index contributed by atoms with van der Waals surface area (Å²) in [7, 11) is 0. The Labute approximate surface area is 174 Å². The van der Waals surface area contributed by atoms with E-state index in [0.717, 1.165) is 18.5 Å². The molecule has 4 rings (SSSR count). The monoisotopic (exact) mass is 441 g/mol. The van der Waals surface area contributed by atoms with Gasteiger partial charge in [-0.1, -0.05) is 0 Å². The first-order valence-corrected chi connectivity index (χ1v) is 9.34. The van der Waals surface area contributed by atoms with Crippen LogP contribution in [0.3, 0.4) is 0 Å². The summed E-state index contributed by atoms with van der Waals surface area (Å²) >= 11 is 0. The number of aliphatic imine (C=N–C) groups is 1. The molecule has 2 aliphatic rings. The SMILES string of the molecule is NC1=NC2(c3cc(NC(O)c4cnc(C(F)F)cn4)ccc3F)COC(CF)C2CO1. The Morgan fingerprint density at radius 3 is 2.68 bits per heavy atom. The van der Waals surface area contributed by atoms with Crippen molar-refractivity contribution < 1.29 is 32.1 Å². The minimum Gasteiger partial charge on any atom is -0.465 e. The summed E-state index contributed by atoms with van der Waals surface area (Å²) in [6.07, 6.45) is -3.16. The lowest BCUT2D eigenvalue weighted by atomic mass is 9.78. The van der Waals surface area contributed by atoms with Crippen LogP contribution in [0.4, 0.5) is 23.2 Å².